The normalized spacial score (nSPS) is 17.4. The molecule has 0 radical (unpaired) electrons. The minimum atomic E-state index is -0.451. The number of carbonyl (C=O) groups excluding carboxylic acids is 1. The third kappa shape index (κ3) is 2.07. The van der Waals surface area contributed by atoms with Crippen molar-refractivity contribution in [1.29, 1.82) is 0 Å². The zero-order valence-electron chi connectivity index (χ0n) is 5.29. The van der Waals surface area contributed by atoms with Gasteiger partial charge in [0.25, 0.3) is 0 Å². The number of aldehydes is 1. The van der Waals surface area contributed by atoms with Crippen molar-refractivity contribution >= 4 is 6.29 Å². The van der Waals surface area contributed by atoms with Gasteiger partial charge in [0.2, 0.25) is 0 Å². The average Bonchev–Trinajstić information content (AvgIpc) is 1.84. The highest BCUT2D eigenvalue weighted by molar-refractivity contribution is 5.53. The smallest absolute Gasteiger partial charge is 0.125 e. The van der Waals surface area contributed by atoms with Gasteiger partial charge in [-0.1, -0.05) is 13.8 Å². The quantitative estimate of drug-likeness (QED) is 0.548. The molecule has 0 saturated heterocycles. The fourth-order valence-electron chi connectivity index (χ4n) is 0.462. The van der Waals surface area contributed by atoms with Crippen LogP contribution in [-0.2, 0) is 4.79 Å². The molecule has 8 heavy (non-hydrogen) atoms. The van der Waals surface area contributed by atoms with Crippen LogP contribution in [0.2, 0.25) is 0 Å². The molecule has 0 aliphatic rings. The predicted octanol–water partition coefficient (Wildman–Crippen LogP) is 0.592. The number of hydrogen-bond donors (Lipinski definition) is 1. The first-order chi connectivity index (χ1) is 3.72. The fourth-order valence-corrected chi connectivity index (χ4v) is 0.462. The number of rotatable bonds is 3. The second-order valence-electron chi connectivity index (χ2n) is 1.97. The van der Waals surface area contributed by atoms with E-state index in [1.54, 1.807) is 6.92 Å². The van der Waals surface area contributed by atoms with E-state index in [1.165, 1.54) is 0 Å². The SMILES string of the molecule is CCC(O)C(C)C=O. The van der Waals surface area contributed by atoms with Crippen LogP contribution in [0, 0.1) is 5.92 Å². The molecule has 2 atom stereocenters. The maximum absolute atomic E-state index is 9.95. The van der Waals surface area contributed by atoms with Gasteiger partial charge in [0.15, 0.2) is 0 Å². The monoisotopic (exact) mass is 116 g/mol. The van der Waals surface area contributed by atoms with E-state index in [4.69, 9.17) is 5.11 Å². The van der Waals surface area contributed by atoms with Crippen LogP contribution in [0.15, 0.2) is 0 Å². The highest BCUT2D eigenvalue weighted by Gasteiger charge is 2.08. The van der Waals surface area contributed by atoms with Crippen molar-refractivity contribution in [2.75, 3.05) is 0 Å². The van der Waals surface area contributed by atoms with E-state index in [0.29, 0.717) is 6.42 Å². The molecule has 1 N–H and O–H groups in total. The Bertz CT molecular complexity index is 70.9. The summed E-state index contributed by atoms with van der Waals surface area (Å²) in [6, 6.07) is 0. The van der Waals surface area contributed by atoms with Gasteiger partial charge in [0, 0.05) is 5.92 Å². The molecule has 2 unspecified atom stereocenters. The molecule has 0 bridgehead atoms. The molecule has 48 valence electrons. The Morgan fingerprint density at radius 2 is 2.25 bits per heavy atom. The summed E-state index contributed by atoms with van der Waals surface area (Å²) in [5.41, 5.74) is 0. The fraction of sp³-hybridized carbons (Fsp3) is 0.833. The molecule has 0 rings (SSSR count). The molecule has 0 fully saturated rings. The topological polar surface area (TPSA) is 37.3 Å². The average molecular weight is 116 g/mol. The maximum atomic E-state index is 9.95. The minimum Gasteiger partial charge on any atom is -0.392 e. The van der Waals surface area contributed by atoms with Crippen LogP contribution in [0.5, 0.6) is 0 Å². The number of carbonyl (C=O) groups is 1. The van der Waals surface area contributed by atoms with E-state index in [1.807, 2.05) is 6.92 Å². The summed E-state index contributed by atoms with van der Waals surface area (Å²) < 4.78 is 0. The Morgan fingerprint density at radius 1 is 1.75 bits per heavy atom. The van der Waals surface area contributed by atoms with Gasteiger partial charge in [-0.2, -0.15) is 0 Å². The van der Waals surface area contributed by atoms with Crippen LogP contribution >= 0.6 is 0 Å². The summed E-state index contributed by atoms with van der Waals surface area (Å²) in [6.07, 6.45) is 0.973. The predicted molar refractivity (Wildman–Crippen MR) is 31.5 cm³/mol. The summed E-state index contributed by atoms with van der Waals surface area (Å²) >= 11 is 0. The zero-order valence-corrected chi connectivity index (χ0v) is 5.29. The highest BCUT2D eigenvalue weighted by Crippen LogP contribution is 2.01. The molecule has 2 nitrogen and oxygen atoms in total. The van der Waals surface area contributed by atoms with E-state index in [0.717, 1.165) is 6.29 Å². The first kappa shape index (κ1) is 7.63. The van der Waals surface area contributed by atoms with Crippen molar-refractivity contribution in [2.45, 2.75) is 26.4 Å². The lowest BCUT2D eigenvalue weighted by Crippen LogP contribution is -2.16. The zero-order chi connectivity index (χ0) is 6.57. The van der Waals surface area contributed by atoms with Crippen LogP contribution in [0.25, 0.3) is 0 Å². The lowest BCUT2D eigenvalue weighted by Gasteiger charge is -2.08. The van der Waals surface area contributed by atoms with E-state index in [9.17, 15) is 4.79 Å². The summed E-state index contributed by atoms with van der Waals surface area (Å²) in [4.78, 5) is 9.95. The molecule has 0 aromatic rings. The van der Waals surface area contributed by atoms with Gasteiger partial charge in [-0.25, -0.2) is 0 Å². The van der Waals surface area contributed by atoms with E-state index in [2.05, 4.69) is 0 Å². The van der Waals surface area contributed by atoms with Gasteiger partial charge in [-0.05, 0) is 6.42 Å². The third-order valence-electron chi connectivity index (χ3n) is 1.24. The Kier molecular flexibility index (Phi) is 3.44. The minimum absolute atomic E-state index is 0.208. The second kappa shape index (κ2) is 3.61. The van der Waals surface area contributed by atoms with Crippen LogP contribution in [-0.4, -0.2) is 17.5 Å². The molecular weight excluding hydrogens is 104 g/mol. The second-order valence-corrected chi connectivity index (χ2v) is 1.97. The van der Waals surface area contributed by atoms with Crippen LogP contribution < -0.4 is 0 Å². The van der Waals surface area contributed by atoms with Gasteiger partial charge in [-0.3, -0.25) is 0 Å². The Balaban J connectivity index is 3.44. The van der Waals surface area contributed by atoms with Crippen molar-refractivity contribution in [2.24, 2.45) is 5.92 Å². The van der Waals surface area contributed by atoms with Crippen LogP contribution in [0.3, 0.4) is 0 Å². The molecule has 0 aromatic heterocycles. The summed E-state index contributed by atoms with van der Waals surface area (Å²) in [6.45, 7) is 3.56. The van der Waals surface area contributed by atoms with Crippen molar-refractivity contribution in [3.8, 4) is 0 Å². The molecule has 2 heteroatoms. The molecule has 0 aliphatic heterocycles. The van der Waals surface area contributed by atoms with Crippen molar-refractivity contribution in [1.82, 2.24) is 0 Å². The van der Waals surface area contributed by atoms with Crippen molar-refractivity contribution in [3.63, 3.8) is 0 Å². The van der Waals surface area contributed by atoms with Gasteiger partial charge in [0.05, 0.1) is 6.10 Å². The van der Waals surface area contributed by atoms with Crippen molar-refractivity contribution < 1.29 is 9.90 Å². The molecule has 0 saturated carbocycles. The van der Waals surface area contributed by atoms with Gasteiger partial charge < -0.3 is 9.90 Å². The summed E-state index contributed by atoms with van der Waals surface area (Å²) in [5, 5.41) is 8.90. The first-order valence-electron chi connectivity index (χ1n) is 2.85. The highest BCUT2D eigenvalue weighted by atomic mass is 16.3. The van der Waals surface area contributed by atoms with Crippen LogP contribution in [0.1, 0.15) is 20.3 Å². The molecule has 0 amide bonds. The molecule has 0 aromatic carbocycles. The summed E-state index contributed by atoms with van der Waals surface area (Å²) in [7, 11) is 0. The largest absolute Gasteiger partial charge is 0.392 e. The van der Waals surface area contributed by atoms with Crippen LogP contribution in [0.4, 0.5) is 0 Å². The number of hydrogen-bond acceptors (Lipinski definition) is 2. The van der Waals surface area contributed by atoms with Gasteiger partial charge >= 0.3 is 0 Å². The number of aliphatic hydroxyl groups excluding tert-OH is 1. The lowest BCUT2D eigenvalue weighted by atomic mass is 10.1. The Hall–Kier alpha value is -0.370. The van der Waals surface area contributed by atoms with E-state index in [-0.39, 0.29) is 5.92 Å². The molecular formula is C6H12O2. The lowest BCUT2D eigenvalue weighted by molar-refractivity contribution is -0.113. The van der Waals surface area contributed by atoms with Gasteiger partial charge in [0.1, 0.15) is 6.29 Å². The third-order valence-corrected chi connectivity index (χ3v) is 1.24. The van der Waals surface area contributed by atoms with Gasteiger partial charge in [-0.15, -0.1) is 0 Å². The van der Waals surface area contributed by atoms with E-state index < -0.39 is 6.10 Å². The first-order valence-corrected chi connectivity index (χ1v) is 2.85. The standard InChI is InChI=1S/C6H12O2/c1-3-6(8)5(2)4-7/h4-6,8H,3H2,1-2H3. The van der Waals surface area contributed by atoms with E-state index >= 15 is 0 Å². The number of aliphatic hydroxyl groups is 1. The molecule has 0 spiro atoms. The Morgan fingerprint density at radius 3 is 2.38 bits per heavy atom. The molecule has 0 aliphatic carbocycles. The molecule has 0 heterocycles. The van der Waals surface area contributed by atoms with Crippen molar-refractivity contribution in [3.05, 3.63) is 0 Å². The summed E-state index contributed by atoms with van der Waals surface area (Å²) in [5.74, 6) is -0.208. The maximum Gasteiger partial charge on any atom is 0.125 e. The Labute approximate surface area is 49.5 Å².